The summed E-state index contributed by atoms with van der Waals surface area (Å²) >= 11 is 0. The number of amides is 1. The predicted octanol–water partition coefficient (Wildman–Crippen LogP) is 2.32. The summed E-state index contributed by atoms with van der Waals surface area (Å²) in [6.07, 6.45) is 4.00. The lowest BCUT2D eigenvalue weighted by molar-refractivity contribution is 0.0950. The number of benzene rings is 1. The minimum absolute atomic E-state index is 0.00187. The van der Waals surface area contributed by atoms with Gasteiger partial charge in [0.05, 0.1) is 0 Å². The minimum atomic E-state index is 0.00187. The Hall–Kier alpha value is -1.81. The van der Waals surface area contributed by atoms with Gasteiger partial charge in [-0.25, -0.2) is 0 Å². The Morgan fingerprint density at radius 3 is 3.21 bits per heavy atom. The normalized spacial score (nSPS) is 18.8. The Morgan fingerprint density at radius 1 is 1.42 bits per heavy atom. The maximum Gasteiger partial charge on any atom is 0.251 e. The van der Waals surface area contributed by atoms with Crippen LogP contribution in [0.15, 0.2) is 30.5 Å². The van der Waals surface area contributed by atoms with Crippen molar-refractivity contribution in [3.05, 3.63) is 36.0 Å². The minimum Gasteiger partial charge on any atom is -0.381 e. The lowest BCUT2D eigenvalue weighted by Gasteiger charge is -2.09. The van der Waals surface area contributed by atoms with Gasteiger partial charge in [-0.15, -0.1) is 0 Å². The van der Waals surface area contributed by atoms with Crippen LogP contribution in [-0.2, 0) is 4.74 Å². The Bertz CT molecular complexity index is 570. The quantitative estimate of drug-likeness (QED) is 0.884. The van der Waals surface area contributed by atoms with E-state index in [0.717, 1.165) is 49.1 Å². The fourth-order valence-electron chi connectivity index (χ4n) is 2.50. The molecule has 1 aromatic carbocycles. The highest BCUT2D eigenvalue weighted by Gasteiger charge is 2.15. The number of H-pyrrole nitrogens is 1. The van der Waals surface area contributed by atoms with E-state index >= 15 is 0 Å². The summed E-state index contributed by atoms with van der Waals surface area (Å²) in [6, 6.07) is 7.68. The van der Waals surface area contributed by atoms with E-state index in [1.165, 1.54) is 0 Å². The molecule has 1 atom stereocenters. The van der Waals surface area contributed by atoms with Gasteiger partial charge in [-0.1, -0.05) is 0 Å². The molecule has 0 aliphatic carbocycles. The van der Waals surface area contributed by atoms with Crippen LogP contribution in [-0.4, -0.2) is 30.6 Å². The van der Waals surface area contributed by atoms with E-state index in [4.69, 9.17) is 4.74 Å². The van der Waals surface area contributed by atoms with Crippen LogP contribution in [0, 0.1) is 5.92 Å². The van der Waals surface area contributed by atoms with Crippen LogP contribution in [0.5, 0.6) is 0 Å². The van der Waals surface area contributed by atoms with Crippen molar-refractivity contribution >= 4 is 16.8 Å². The molecule has 1 aromatic heterocycles. The summed E-state index contributed by atoms with van der Waals surface area (Å²) in [4.78, 5) is 15.2. The summed E-state index contributed by atoms with van der Waals surface area (Å²) in [5.41, 5.74) is 1.77. The zero-order valence-corrected chi connectivity index (χ0v) is 10.8. The van der Waals surface area contributed by atoms with Crippen molar-refractivity contribution in [3.63, 3.8) is 0 Å². The summed E-state index contributed by atoms with van der Waals surface area (Å²) in [5.74, 6) is 0.606. The van der Waals surface area contributed by atoms with E-state index < -0.39 is 0 Å². The molecule has 1 saturated heterocycles. The van der Waals surface area contributed by atoms with Crippen LogP contribution in [0.4, 0.5) is 0 Å². The third kappa shape index (κ3) is 2.79. The molecule has 3 rings (SSSR count). The van der Waals surface area contributed by atoms with E-state index in [2.05, 4.69) is 10.3 Å². The molecule has 0 radical (unpaired) electrons. The van der Waals surface area contributed by atoms with Gasteiger partial charge in [-0.2, -0.15) is 0 Å². The Labute approximate surface area is 112 Å². The molecule has 2 heterocycles. The van der Waals surface area contributed by atoms with Crippen LogP contribution in [0.3, 0.4) is 0 Å². The molecule has 0 saturated carbocycles. The third-order valence-corrected chi connectivity index (χ3v) is 3.68. The Balaban J connectivity index is 1.56. The molecule has 1 amide bonds. The summed E-state index contributed by atoms with van der Waals surface area (Å²) in [5, 5.41) is 4.04. The molecule has 1 unspecified atom stereocenters. The number of hydrogen-bond acceptors (Lipinski definition) is 2. The van der Waals surface area contributed by atoms with Gasteiger partial charge in [-0.05, 0) is 43.0 Å². The number of rotatable bonds is 4. The van der Waals surface area contributed by atoms with Gasteiger partial charge >= 0.3 is 0 Å². The maximum atomic E-state index is 12.0. The highest BCUT2D eigenvalue weighted by atomic mass is 16.5. The Kier molecular flexibility index (Phi) is 3.51. The summed E-state index contributed by atoms with van der Waals surface area (Å²) in [7, 11) is 0. The molecule has 19 heavy (non-hydrogen) atoms. The number of aromatic amines is 1. The molecule has 1 fully saturated rings. The molecule has 0 bridgehead atoms. The lowest BCUT2D eigenvalue weighted by atomic mass is 10.1. The van der Waals surface area contributed by atoms with Crippen molar-refractivity contribution in [2.24, 2.45) is 5.92 Å². The predicted molar refractivity (Wildman–Crippen MR) is 74.2 cm³/mol. The van der Waals surface area contributed by atoms with E-state index in [1.807, 2.05) is 30.5 Å². The van der Waals surface area contributed by atoms with Crippen molar-refractivity contribution < 1.29 is 9.53 Å². The van der Waals surface area contributed by atoms with Gasteiger partial charge in [0.15, 0.2) is 0 Å². The summed E-state index contributed by atoms with van der Waals surface area (Å²) in [6.45, 7) is 2.42. The van der Waals surface area contributed by atoms with Gasteiger partial charge in [0.25, 0.3) is 5.91 Å². The molecule has 100 valence electrons. The first kappa shape index (κ1) is 12.2. The fourth-order valence-corrected chi connectivity index (χ4v) is 2.50. The number of fused-ring (bicyclic) bond motifs is 1. The first-order chi connectivity index (χ1) is 9.33. The Morgan fingerprint density at radius 2 is 2.37 bits per heavy atom. The number of hydrogen-bond donors (Lipinski definition) is 2. The number of carbonyl (C=O) groups is 1. The molecule has 1 aliphatic rings. The maximum absolute atomic E-state index is 12.0. The average molecular weight is 258 g/mol. The second-order valence-electron chi connectivity index (χ2n) is 5.05. The zero-order chi connectivity index (χ0) is 13.1. The fraction of sp³-hybridized carbons (Fsp3) is 0.400. The monoisotopic (exact) mass is 258 g/mol. The van der Waals surface area contributed by atoms with Crippen molar-refractivity contribution in [1.29, 1.82) is 0 Å². The van der Waals surface area contributed by atoms with Crippen LogP contribution in [0.25, 0.3) is 10.9 Å². The molecular weight excluding hydrogens is 240 g/mol. The average Bonchev–Trinajstić information content (AvgIpc) is 3.08. The van der Waals surface area contributed by atoms with Crippen LogP contribution in [0.1, 0.15) is 23.2 Å². The number of ether oxygens (including phenoxy) is 1. The van der Waals surface area contributed by atoms with Crippen LogP contribution >= 0.6 is 0 Å². The standard InChI is InChI=1S/C15H18N2O2/c18-15(17-6-3-11-5-8-19-10-11)13-1-2-14-12(9-13)4-7-16-14/h1-2,4,7,9,11,16H,3,5-6,8,10H2,(H,17,18). The van der Waals surface area contributed by atoms with Crippen molar-refractivity contribution in [3.8, 4) is 0 Å². The second-order valence-corrected chi connectivity index (χ2v) is 5.05. The first-order valence-electron chi connectivity index (χ1n) is 6.76. The smallest absolute Gasteiger partial charge is 0.251 e. The van der Waals surface area contributed by atoms with Gasteiger partial charge < -0.3 is 15.0 Å². The van der Waals surface area contributed by atoms with E-state index in [-0.39, 0.29) is 5.91 Å². The van der Waals surface area contributed by atoms with E-state index in [9.17, 15) is 4.79 Å². The highest BCUT2D eigenvalue weighted by Crippen LogP contribution is 2.16. The van der Waals surface area contributed by atoms with Crippen molar-refractivity contribution in [2.45, 2.75) is 12.8 Å². The van der Waals surface area contributed by atoms with Gasteiger partial charge in [0.1, 0.15) is 0 Å². The zero-order valence-electron chi connectivity index (χ0n) is 10.8. The molecule has 4 heteroatoms. The molecule has 2 N–H and O–H groups in total. The first-order valence-corrected chi connectivity index (χ1v) is 6.76. The van der Waals surface area contributed by atoms with Gasteiger partial charge in [0, 0.05) is 42.4 Å². The largest absolute Gasteiger partial charge is 0.381 e. The van der Waals surface area contributed by atoms with Crippen LogP contribution < -0.4 is 5.32 Å². The number of aromatic nitrogens is 1. The third-order valence-electron chi connectivity index (χ3n) is 3.68. The molecule has 1 aliphatic heterocycles. The van der Waals surface area contributed by atoms with Crippen molar-refractivity contribution in [1.82, 2.24) is 10.3 Å². The van der Waals surface area contributed by atoms with Crippen molar-refractivity contribution in [2.75, 3.05) is 19.8 Å². The molecule has 4 nitrogen and oxygen atoms in total. The van der Waals surface area contributed by atoms with Gasteiger partial charge in [-0.3, -0.25) is 4.79 Å². The molecule has 2 aromatic rings. The second kappa shape index (κ2) is 5.45. The van der Waals surface area contributed by atoms with E-state index in [1.54, 1.807) is 0 Å². The highest BCUT2D eigenvalue weighted by molar-refractivity contribution is 5.98. The number of nitrogens with one attached hydrogen (secondary N) is 2. The summed E-state index contributed by atoms with van der Waals surface area (Å²) < 4.78 is 5.32. The number of carbonyl (C=O) groups excluding carboxylic acids is 1. The topological polar surface area (TPSA) is 54.1 Å². The van der Waals surface area contributed by atoms with E-state index in [0.29, 0.717) is 5.92 Å². The van der Waals surface area contributed by atoms with Gasteiger partial charge in [0.2, 0.25) is 0 Å². The lowest BCUT2D eigenvalue weighted by Crippen LogP contribution is -2.26. The van der Waals surface area contributed by atoms with Crippen LogP contribution in [0.2, 0.25) is 0 Å². The molecule has 0 spiro atoms. The molecular formula is C15H18N2O2. The SMILES string of the molecule is O=C(NCCC1CCOC1)c1ccc2[nH]ccc2c1.